The molecule has 6 heteroatoms. The molecular weight excluding hydrogens is 196 g/mol. The van der Waals surface area contributed by atoms with Crippen LogP contribution in [-0.4, -0.2) is 23.2 Å². The Morgan fingerprint density at radius 2 is 2.14 bits per heavy atom. The van der Waals surface area contributed by atoms with E-state index in [-0.39, 0.29) is 12.2 Å². The van der Waals surface area contributed by atoms with Crippen LogP contribution in [0.25, 0.3) is 0 Å². The van der Waals surface area contributed by atoms with Crippen LogP contribution in [0.15, 0.2) is 0 Å². The number of hydrogen-bond acceptors (Lipinski definition) is 3. The molecule has 1 aliphatic rings. The molecule has 0 saturated heterocycles. The third kappa shape index (κ3) is 1.88. The average Bonchev–Trinajstić information content (AvgIpc) is 1.96. The highest BCUT2D eigenvalue weighted by Crippen LogP contribution is 2.46. The van der Waals surface area contributed by atoms with Crippen LogP contribution < -0.4 is 0 Å². The summed E-state index contributed by atoms with van der Waals surface area (Å²) >= 11 is 0. The smallest absolute Gasteiger partial charge is 0.260 e. The molecule has 0 radical (unpaired) electrons. The molecule has 1 saturated carbocycles. The first-order chi connectivity index (χ1) is 6.27. The van der Waals surface area contributed by atoms with E-state index in [1.807, 2.05) is 0 Å². The predicted octanol–water partition coefficient (Wildman–Crippen LogP) is 1.66. The molecule has 1 fully saturated rings. The lowest BCUT2D eigenvalue weighted by Crippen LogP contribution is -2.48. The number of carbonyl (C=O) groups is 1. The van der Waals surface area contributed by atoms with Crippen LogP contribution in [0.2, 0.25) is 0 Å². The molecular formula is C8H11F2NO3. The Kier molecular flexibility index (Phi) is 2.56. The Morgan fingerprint density at radius 3 is 2.64 bits per heavy atom. The van der Waals surface area contributed by atoms with Gasteiger partial charge in [-0.15, -0.1) is 0 Å². The quantitative estimate of drug-likeness (QED) is 0.511. The highest BCUT2D eigenvalue weighted by atomic mass is 19.3. The van der Waals surface area contributed by atoms with Crippen LogP contribution in [0.3, 0.4) is 0 Å². The van der Waals surface area contributed by atoms with Crippen molar-refractivity contribution in [3.8, 4) is 0 Å². The van der Waals surface area contributed by atoms with E-state index in [1.54, 1.807) is 0 Å². The van der Waals surface area contributed by atoms with Crippen molar-refractivity contribution < 1.29 is 18.5 Å². The van der Waals surface area contributed by atoms with E-state index in [9.17, 15) is 23.7 Å². The average molecular weight is 207 g/mol. The van der Waals surface area contributed by atoms with E-state index < -0.39 is 35.6 Å². The molecule has 1 atom stereocenters. The Bertz CT molecular complexity index is 276. The summed E-state index contributed by atoms with van der Waals surface area (Å²) < 4.78 is 26.7. The van der Waals surface area contributed by atoms with Crippen molar-refractivity contribution in [3.05, 3.63) is 10.1 Å². The minimum atomic E-state index is -3.12. The normalized spacial score (nSPS) is 31.5. The van der Waals surface area contributed by atoms with Crippen molar-refractivity contribution in [3.63, 3.8) is 0 Å². The van der Waals surface area contributed by atoms with Crippen LogP contribution in [-0.2, 0) is 4.79 Å². The molecule has 4 nitrogen and oxygen atoms in total. The van der Waals surface area contributed by atoms with E-state index >= 15 is 0 Å². The highest BCUT2D eigenvalue weighted by molar-refractivity contribution is 5.80. The molecule has 80 valence electrons. The van der Waals surface area contributed by atoms with Gasteiger partial charge in [-0.2, -0.15) is 0 Å². The number of alkyl halides is 2. The molecule has 1 unspecified atom stereocenters. The standard InChI is InChI=1S/C8H11F2NO3/c1-7(5-11(13)14)4-6(12)2-3-8(7,9)10/h2-5H2,1H3. The molecule has 0 aromatic heterocycles. The van der Waals surface area contributed by atoms with Gasteiger partial charge in [-0.25, -0.2) is 8.78 Å². The fraction of sp³-hybridized carbons (Fsp3) is 0.875. The van der Waals surface area contributed by atoms with Gasteiger partial charge in [0.05, 0.1) is 0 Å². The first-order valence-corrected chi connectivity index (χ1v) is 4.28. The SMILES string of the molecule is CC1(C[N+](=O)[O-])CC(=O)CCC1(F)F. The first-order valence-electron chi connectivity index (χ1n) is 4.28. The monoisotopic (exact) mass is 207 g/mol. The summed E-state index contributed by atoms with van der Waals surface area (Å²) in [5, 5.41) is 10.2. The van der Waals surface area contributed by atoms with E-state index in [0.29, 0.717) is 0 Å². The number of rotatable bonds is 2. The topological polar surface area (TPSA) is 60.2 Å². The van der Waals surface area contributed by atoms with Gasteiger partial charge in [0.1, 0.15) is 11.2 Å². The van der Waals surface area contributed by atoms with Gasteiger partial charge >= 0.3 is 0 Å². The summed E-state index contributed by atoms with van der Waals surface area (Å²) in [5.74, 6) is -3.44. The lowest BCUT2D eigenvalue weighted by Gasteiger charge is -2.37. The second-order valence-electron chi connectivity index (χ2n) is 3.97. The van der Waals surface area contributed by atoms with Crippen molar-refractivity contribution >= 4 is 5.78 Å². The Labute approximate surface area is 79.4 Å². The van der Waals surface area contributed by atoms with Crippen LogP contribution in [0.1, 0.15) is 26.2 Å². The second-order valence-corrected chi connectivity index (χ2v) is 3.97. The van der Waals surface area contributed by atoms with Crippen molar-refractivity contribution in [1.29, 1.82) is 0 Å². The van der Waals surface area contributed by atoms with Gasteiger partial charge < -0.3 is 0 Å². The molecule has 0 spiro atoms. The largest absolute Gasteiger partial charge is 0.300 e. The van der Waals surface area contributed by atoms with Gasteiger partial charge in [0, 0.05) is 24.2 Å². The van der Waals surface area contributed by atoms with Gasteiger partial charge in [-0.05, 0) is 6.92 Å². The predicted molar refractivity (Wildman–Crippen MR) is 43.8 cm³/mol. The summed E-state index contributed by atoms with van der Waals surface area (Å²) in [4.78, 5) is 20.4. The maximum absolute atomic E-state index is 13.3. The van der Waals surface area contributed by atoms with Crippen LogP contribution in [0.4, 0.5) is 8.78 Å². The molecule has 0 aliphatic heterocycles. The van der Waals surface area contributed by atoms with Crippen LogP contribution in [0.5, 0.6) is 0 Å². The van der Waals surface area contributed by atoms with E-state index in [1.165, 1.54) is 0 Å². The number of carbonyl (C=O) groups excluding carboxylic acids is 1. The Balaban J connectivity index is 2.89. The van der Waals surface area contributed by atoms with Gasteiger partial charge in [-0.3, -0.25) is 14.9 Å². The lowest BCUT2D eigenvalue weighted by molar-refractivity contribution is -0.505. The molecule has 0 heterocycles. The second kappa shape index (κ2) is 3.25. The van der Waals surface area contributed by atoms with Crippen molar-refractivity contribution in [1.82, 2.24) is 0 Å². The number of Topliss-reactive ketones (excluding diaryl/α,β-unsaturated/α-hetero) is 1. The number of hydrogen-bond donors (Lipinski definition) is 0. The van der Waals surface area contributed by atoms with E-state index in [2.05, 4.69) is 0 Å². The molecule has 14 heavy (non-hydrogen) atoms. The summed E-state index contributed by atoms with van der Waals surface area (Å²) in [5.41, 5.74) is -1.81. The summed E-state index contributed by atoms with van der Waals surface area (Å²) in [7, 11) is 0. The summed E-state index contributed by atoms with van der Waals surface area (Å²) in [6.07, 6.45) is -1.16. The van der Waals surface area contributed by atoms with Crippen molar-refractivity contribution in [2.45, 2.75) is 32.1 Å². The number of nitro groups is 1. The van der Waals surface area contributed by atoms with Gasteiger partial charge in [0.15, 0.2) is 0 Å². The maximum atomic E-state index is 13.3. The maximum Gasteiger partial charge on any atom is 0.260 e. The zero-order chi connectivity index (χ0) is 11.0. The van der Waals surface area contributed by atoms with Gasteiger partial charge in [0.25, 0.3) is 5.92 Å². The Hall–Kier alpha value is -1.07. The third-order valence-corrected chi connectivity index (χ3v) is 2.67. The number of halogens is 2. The molecule has 0 aromatic carbocycles. The van der Waals surface area contributed by atoms with Crippen molar-refractivity contribution in [2.75, 3.05) is 6.54 Å². The zero-order valence-corrected chi connectivity index (χ0v) is 7.76. The fourth-order valence-electron chi connectivity index (χ4n) is 1.71. The van der Waals surface area contributed by atoms with Crippen LogP contribution in [0, 0.1) is 15.5 Å². The van der Waals surface area contributed by atoms with Crippen LogP contribution >= 0.6 is 0 Å². The minimum absolute atomic E-state index is 0.180. The van der Waals surface area contributed by atoms with Gasteiger partial charge in [-0.1, -0.05) is 0 Å². The fourth-order valence-corrected chi connectivity index (χ4v) is 1.71. The highest BCUT2D eigenvalue weighted by Gasteiger charge is 2.56. The minimum Gasteiger partial charge on any atom is -0.300 e. The van der Waals surface area contributed by atoms with E-state index in [0.717, 1.165) is 6.92 Å². The summed E-state index contributed by atoms with van der Waals surface area (Å²) in [6, 6.07) is 0. The van der Waals surface area contributed by atoms with E-state index in [4.69, 9.17) is 0 Å². The molecule has 0 amide bonds. The number of ketones is 1. The molecule has 0 bridgehead atoms. The van der Waals surface area contributed by atoms with Crippen molar-refractivity contribution in [2.24, 2.45) is 5.41 Å². The molecule has 0 aromatic rings. The Morgan fingerprint density at radius 1 is 1.57 bits per heavy atom. The third-order valence-electron chi connectivity index (χ3n) is 2.67. The molecule has 0 N–H and O–H groups in total. The number of nitrogens with zero attached hydrogens (tertiary/aromatic N) is 1. The van der Waals surface area contributed by atoms with Gasteiger partial charge in [0.2, 0.25) is 6.54 Å². The molecule has 1 aliphatic carbocycles. The first kappa shape index (κ1) is 11.0. The molecule has 1 rings (SSSR count). The summed E-state index contributed by atoms with van der Waals surface area (Å²) in [6.45, 7) is 0.249. The zero-order valence-electron chi connectivity index (χ0n) is 7.76. The lowest BCUT2D eigenvalue weighted by atomic mass is 9.72.